The fourth-order valence-corrected chi connectivity index (χ4v) is 1.07. The number of rotatable bonds is 6. The Hall–Kier alpha value is -1.12. The maximum atomic E-state index is 11.9. The van der Waals surface area contributed by atoms with Crippen molar-refractivity contribution in [2.75, 3.05) is 6.54 Å². The lowest BCUT2D eigenvalue weighted by Gasteiger charge is -2.04. The second-order valence-corrected chi connectivity index (χ2v) is 3.02. The van der Waals surface area contributed by atoms with Gasteiger partial charge in [-0.15, -0.1) is 0 Å². The molecule has 0 spiro atoms. The second-order valence-electron chi connectivity index (χ2n) is 3.02. The minimum Gasteiger partial charge on any atom is -0.353 e. The van der Waals surface area contributed by atoms with Gasteiger partial charge in [0.2, 0.25) is 5.91 Å². The van der Waals surface area contributed by atoms with Crippen LogP contribution in [0.3, 0.4) is 0 Å². The summed E-state index contributed by atoms with van der Waals surface area (Å²) in [5, 5.41) is 2.65. The van der Waals surface area contributed by atoms with Crippen LogP contribution in [0.2, 0.25) is 0 Å². The van der Waals surface area contributed by atoms with Gasteiger partial charge in [0.1, 0.15) is 0 Å². The Morgan fingerprint density at radius 2 is 2.21 bits per heavy atom. The highest BCUT2D eigenvalue weighted by Gasteiger charge is 1.98. The lowest BCUT2D eigenvalue weighted by molar-refractivity contribution is -0.116. The van der Waals surface area contributed by atoms with E-state index in [1.807, 2.05) is 13.8 Å². The summed E-state index contributed by atoms with van der Waals surface area (Å²) in [6, 6.07) is 0. The fourth-order valence-electron chi connectivity index (χ4n) is 1.07. The predicted octanol–water partition coefficient (Wildman–Crippen LogP) is 2.58. The van der Waals surface area contributed by atoms with Crippen LogP contribution in [0.15, 0.2) is 24.6 Å². The van der Waals surface area contributed by atoms with Crippen molar-refractivity contribution in [3.05, 3.63) is 24.6 Å². The molecule has 1 atom stereocenters. The van der Waals surface area contributed by atoms with Crippen LogP contribution >= 0.6 is 0 Å². The van der Waals surface area contributed by atoms with Crippen molar-refractivity contribution in [3.63, 3.8) is 0 Å². The third-order valence-electron chi connectivity index (χ3n) is 1.93. The van der Waals surface area contributed by atoms with Gasteiger partial charge in [0.05, 0.1) is 6.33 Å². The molecule has 0 saturated carbocycles. The summed E-state index contributed by atoms with van der Waals surface area (Å²) < 4.78 is 11.9. The molecule has 1 unspecified atom stereocenters. The minimum absolute atomic E-state index is 0.0911. The molecular formula is C11H18FNO. The highest BCUT2D eigenvalue weighted by molar-refractivity contribution is 5.87. The first-order valence-electron chi connectivity index (χ1n) is 4.95. The van der Waals surface area contributed by atoms with Crippen LogP contribution < -0.4 is 5.32 Å². The number of hydrogen-bond donors (Lipinski definition) is 1. The molecule has 14 heavy (non-hydrogen) atoms. The summed E-state index contributed by atoms with van der Waals surface area (Å²) in [5.41, 5.74) is 0. The van der Waals surface area contributed by atoms with Gasteiger partial charge in [-0.25, -0.2) is 4.39 Å². The van der Waals surface area contributed by atoms with Crippen LogP contribution in [0, 0.1) is 5.92 Å². The van der Waals surface area contributed by atoms with Gasteiger partial charge in [-0.05, 0) is 31.8 Å². The largest absolute Gasteiger partial charge is 0.353 e. The average molecular weight is 199 g/mol. The summed E-state index contributed by atoms with van der Waals surface area (Å²) in [6.07, 6.45) is 6.93. The smallest absolute Gasteiger partial charge is 0.243 e. The molecule has 3 heteroatoms. The third kappa shape index (κ3) is 6.40. The zero-order chi connectivity index (χ0) is 10.8. The Labute approximate surface area is 84.9 Å². The molecule has 0 aliphatic rings. The zero-order valence-corrected chi connectivity index (χ0v) is 8.79. The minimum atomic E-state index is -0.0911. The molecule has 0 saturated heterocycles. The molecule has 1 amide bonds. The van der Waals surface area contributed by atoms with E-state index in [1.165, 1.54) is 12.2 Å². The summed E-state index contributed by atoms with van der Waals surface area (Å²) in [6.45, 7) is 4.49. The molecule has 0 aromatic rings. The Morgan fingerprint density at radius 3 is 2.71 bits per heavy atom. The molecule has 0 heterocycles. The van der Waals surface area contributed by atoms with Gasteiger partial charge >= 0.3 is 0 Å². The van der Waals surface area contributed by atoms with Crippen LogP contribution in [0.25, 0.3) is 0 Å². The van der Waals surface area contributed by atoms with E-state index in [9.17, 15) is 9.18 Å². The van der Waals surface area contributed by atoms with Crippen LogP contribution in [-0.2, 0) is 4.79 Å². The number of nitrogens with one attached hydrogen (secondary N) is 1. The van der Waals surface area contributed by atoms with E-state index in [0.29, 0.717) is 19.3 Å². The van der Waals surface area contributed by atoms with Crippen LogP contribution in [0.1, 0.15) is 26.7 Å². The van der Waals surface area contributed by atoms with Gasteiger partial charge in [-0.1, -0.05) is 19.1 Å². The topological polar surface area (TPSA) is 29.1 Å². The Bertz CT molecular complexity index is 211. The molecule has 0 aliphatic heterocycles. The van der Waals surface area contributed by atoms with Gasteiger partial charge in [-0.2, -0.15) is 0 Å². The molecule has 0 radical (unpaired) electrons. The number of carbonyl (C=O) groups excluding carboxylic acids is 1. The third-order valence-corrected chi connectivity index (χ3v) is 1.93. The van der Waals surface area contributed by atoms with E-state index in [1.54, 1.807) is 6.08 Å². The first-order chi connectivity index (χ1) is 6.74. The van der Waals surface area contributed by atoms with E-state index in [2.05, 4.69) is 5.32 Å². The summed E-state index contributed by atoms with van der Waals surface area (Å²) in [5.74, 6) is 0.0947. The summed E-state index contributed by atoms with van der Waals surface area (Å²) >= 11 is 0. The quantitative estimate of drug-likeness (QED) is 0.654. The van der Waals surface area contributed by atoms with Crippen LogP contribution in [0.4, 0.5) is 4.39 Å². The summed E-state index contributed by atoms with van der Waals surface area (Å²) in [7, 11) is 0. The highest BCUT2D eigenvalue weighted by atomic mass is 19.1. The van der Waals surface area contributed by atoms with Crippen LogP contribution in [0.5, 0.6) is 0 Å². The van der Waals surface area contributed by atoms with E-state index in [4.69, 9.17) is 0 Å². The molecule has 0 fully saturated rings. The van der Waals surface area contributed by atoms with E-state index in [-0.39, 0.29) is 11.8 Å². The van der Waals surface area contributed by atoms with E-state index in [0.717, 1.165) is 6.42 Å². The maximum absolute atomic E-state index is 11.9. The molecular weight excluding hydrogens is 181 g/mol. The second kappa shape index (κ2) is 8.48. The number of amides is 1. The van der Waals surface area contributed by atoms with Gasteiger partial charge in [0.25, 0.3) is 0 Å². The zero-order valence-electron chi connectivity index (χ0n) is 8.79. The number of likely N-dealkylation sites (N-methyl/N-ethyl adjacent to an activating group) is 1. The first-order valence-corrected chi connectivity index (χ1v) is 4.95. The van der Waals surface area contributed by atoms with Gasteiger partial charge in [0.15, 0.2) is 0 Å². The Morgan fingerprint density at radius 1 is 1.50 bits per heavy atom. The lowest BCUT2D eigenvalue weighted by Crippen LogP contribution is -2.19. The van der Waals surface area contributed by atoms with Crippen molar-refractivity contribution < 1.29 is 9.18 Å². The molecule has 0 aromatic carbocycles. The van der Waals surface area contributed by atoms with Crippen molar-refractivity contribution in [3.8, 4) is 0 Å². The molecule has 80 valence electrons. The van der Waals surface area contributed by atoms with Gasteiger partial charge in [-0.3, -0.25) is 4.79 Å². The van der Waals surface area contributed by atoms with E-state index >= 15 is 0 Å². The number of carbonyl (C=O) groups is 1. The van der Waals surface area contributed by atoms with Gasteiger partial charge in [0, 0.05) is 6.54 Å². The molecule has 0 aliphatic carbocycles. The maximum Gasteiger partial charge on any atom is 0.243 e. The first kappa shape index (κ1) is 12.9. The Balaban J connectivity index is 3.83. The SMILES string of the molecule is CCNC(=O)/C=C/CC(/C=C/F)CC. The van der Waals surface area contributed by atoms with Crippen LogP contribution in [-0.4, -0.2) is 12.5 Å². The standard InChI is InChI=1S/C11H18FNO/c1-3-10(8-9-12)6-5-7-11(14)13-4-2/h5,7-10H,3-4,6H2,1-2H3,(H,13,14)/b7-5+,9-8+. The Kier molecular flexibility index (Phi) is 7.80. The van der Waals surface area contributed by atoms with Crippen molar-refractivity contribution in [2.45, 2.75) is 26.7 Å². The fraction of sp³-hybridized carbons (Fsp3) is 0.545. The van der Waals surface area contributed by atoms with Crippen molar-refractivity contribution >= 4 is 5.91 Å². The predicted molar refractivity (Wildman–Crippen MR) is 56.5 cm³/mol. The highest BCUT2D eigenvalue weighted by Crippen LogP contribution is 2.10. The molecule has 0 bridgehead atoms. The molecule has 1 N–H and O–H groups in total. The van der Waals surface area contributed by atoms with Crippen molar-refractivity contribution in [1.29, 1.82) is 0 Å². The number of halogens is 1. The normalized spacial score (nSPS) is 13.6. The number of allylic oxidation sites excluding steroid dienone is 2. The lowest BCUT2D eigenvalue weighted by atomic mass is 10.0. The van der Waals surface area contributed by atoms with Gasteiger partial charge < -0.3 is 5.32 Å². The van der Waals surface area contributed by atoms with Crippen molar-refractivity contribution in [1.82, 2.24) is 5.32 Å². The monoisotopic (exact) mass is 199 g/mol. The molecule has 2 nitrogen and oxygen atoms in total. The van der Waals surface area contributed by atoms with Crippen molar-refractivity contribution in [2.24, 2.45) is 5.92 Å². The summed E-state index contributed by atoms with van der Waals surface area (Å²) in [4.78, 5) is 11.0. The van der Waals surface area contributed by atoms with E-state index < -0.39 is 0 Å². The average Bonchev–Trinajstić information content (AvgIpc) is 2.17. The number of hydrogen-bond acceptors (Lipinski definition) is 1. The molecule has 0 rings (SSSR count). The molecule has 0 aromatic heterocycles.